The third-order valence-corrected chi connectivity index (χ3v) is 8.57. The quantitative estimate of drug-likeness (QED) is 0.331. The summed E-state index contributed by atoms with van der Waals surface area (Å²) < 4.78 is 31.1. The standard InChI is InChI=1S/C32H34F2N6O2/c1-6-25(41)38-15-19-12-21-30(39(19)14-18(38)5)20-13-23(34)28(26-22(33)8-7-9-24(26)35)37-31(20)40(32(21)42)29-17(4)10-11-36-27(29)16(2)3/h6-11,13,16,18-19,32,42H,1,12,14-15,35H2,2-5H3. The van der Waals surface area contributed by atoms with E-state index in [1.807, 2.05) is 33.8 Å². The molecule has 3 unspecified atom stereocenters. The Kier molecular flexibility index (Phi) is 6.76. The van der Waals surface area contributed by atoms with E-state index in [-0.39, 0.29) is 46.7 Å². The number of carbonyl (C=O) groups excluding carboxylic acids is 1. The summed E-state index contributed by atoms with van der Waals surface area (Å²) in [5.74, 6) is -1.28. The van der Waals surface area contributed by atoms with Crippen LogP contribution in [0.1, 0.15) is 49.9 Å². The summed E-state index contributed by atoms with van der Waals surface area (Å²) in [4.78, 5) is 27.6. The Balaban J connectivity index is 1.59. The van der Waals surface area contributed by atoms with Crippen LogP contribution in [0.4, 0.5) is 26.0 Å². The predicted molar refractivity (Wildman–Crippen MR) is 159 cm³/mol. The van der Waals surface area contributed by atoms with Gasteiger partial charge < -0.3 is 20.6 Å². The van der Waals surface area contributed by atoms with Crippen molar-refractivity contribution in [3.63, 3.8) is 0 Å². The minimum atomic E-state index is -1.15. The van der Waals surface area contributed by atoms with Crippen LogP contribution in [-0.4, -0.2) is 62.2 Å². The number of nitrogen functional groups attached to an aromatic ring is 1. The second-order valence-corrected chi connectivity index (χ2v) is 11.6. The first kappa shape index (κ1) is 27.8. The maximum absolute atomic E-state index is 16.0. The smallest absolute Gasteiger partial charge is 0.246 e. The molecule has 0 radical (unpaired) electrons. The van der Waals surface area contributed by atoms with Gasteiger partial charge in [0.15, 0.2) is 12.0 Å². The summed E-state index contributed by atoms with van der Waals surface area (Å²) >= 11 is 0. The van der Waals surface area contributed by atoms with E-state index in [4.69, 9.17) is 10.7 Å². The number of piperazine rings is 1. The molecule has 0 bridgehead atoms. The zero-order valence-electron chi connectivity index (χ0n) is 24.1. The Morgan fingerprint density at radius 3 is 2.67 bits per heavy atom. The molecule has 1 aromatic carbocycles. The lowest BCUT2D eigenvalue weighted by Crippen LogP contribution is -2.56. The molecule has 8 nitrogen and oxygen atoms in total. The topological polar surface area (TPSA) is 98.8 Å². The molecular formula is C32H34F2N6O2. The van der Waals surface area contributed by atoms with Gasteiger partial charge in [-0.2, -0.15) is 0 Å². The highest BCUT2D eigenvalue weighted by Crippen LogP contribution is 2.51. The number of anilines is 3. The van der Waals surface area contributed by atoms with Crippen LogP contribution in [0.25, 0.3) is 17.0 Å². The fraction of sp³-hybridized carbons (Fsp3) is 0.344. The van der Waals surface area contributed by atoms with Gasteiger partial charge in [0.05, 0.1) is 28.7 Å². The molecular weight excluding hydrogens is 538 g/mol. The van der Waals surface area contributed by atoms with E-state index in [0.717, 1.165) is 11.3 Å². The number of amides is 1. The van der Waals surface area contributed by atoms with E-state index in [1.54, 1.807) is 16.0 Å². The Labute approximate surface area is 243 Å². The minimum Gasteiger partial charge on any atom is -0.398 e. The normalized spacial score (nSPS) is 21.4. The van der Waals surface area contributed by atoms with Crippen molar-refractivity contribution in [2.75, 3.05) is 23.7 Å². The van der Waals surface area contributed by atoms with Gasteiger partial charge in [-0.1, -0.05) is 26.5 Å². The Morgan fingerprint density at radius 2 is 1.98 bits per heavy atom. The molecule has 5 heterocycles. The van der Waals surface area contributed by atoms with Gasteiger partial charge in [-0.05, 0) is 62.1 Å². The number of aliphatic hydroxyl groups is 1. The molecule has 0 spiro atoms. The van der Waals surface area contributed by atoms with Crippen molar-refractivity contribution in [1.29, 1.82) is 0 Å². The highest BCUT2D eigenvalue weighted by Gasteiger charge is 2.48. The monoisotopic (exact) mass is 572 g/mol. The number of aromatic nitrogens is 2. The number of fused-ring (bicyclic) bond motifs is 4. The van der Waals surface area contributed by atoms with E-state index >= 15 is 8.78 Å². The Hall–Kier alpha value is -4.31. The molecule has 10 heteroatoms. The van der Waals surface area contributed by atoms with Gasteiger partial charge in [-0.25, -0.2) is 13.8 Å². The summed E-state index contributed by atoms with van der Waals surface area (Å²) in [6, 6.07) is 7.14. The molecule has 3 N–H and O–H groups in total. The lowest BCUT2D eigenvalue weighted by molar-refractivity contribution is -0.130. The maximum Gasteiger partial charge on any atom is 0.246 e. The number of hydrogen-bond donors (Lipinski definition) is 2. The van der Waals surface area contributed by atoms with Crippen LogP contribution in [0.3, 0.4) is 0 Å². The SMILES string of the molecule is C=CC(=O)N1CC2CC3=C(c4cc(F)c(-c5c(N)cccc5F)nc4N(c4c(C)ccnc4C(C)C)C3O)N2CC1C. The molecule has 2 aromatic heterocycles. The first-order valence-electron chi connectivity index (χ1n) is 14.1. The van der Waals surface area contributed by atoms with Gasteiger partial charge in [0, 0.05) is 42.2 Å². The summed E-state index contributed by atoms with van der Waals surface area (Å²) in [5, 5.41) is 12.1. The average Bonchev–Trinajstić information content (AvgIpc) is 3.32. The Morgan fingerprint density at radius 1 is 1.21 bits per heavy atom. The average molecular weight is 573 g/mol. The molecule has 0 aliphatic carbocycles. The van der Waals surface area contributed by atoms with Crippen molar-refractivity contribution in [3.8, 4) is 11.3 Å². The predicted octanol–water partition coefficient (Wildman–Crippen LogP) is 5.11. The third kappa shape index (κ3) is 4.15. The number of nitrogens with two attached hydrogens (primary N) is 1. The summed E-state index contributed by atoms with van der Waals surface area (Å²) in [5.41, 5.74) is 9.98. The summed E-state index contributed by atoms with van der Waals surface area (Å²) in [6.07, 6.45) is 2.36. The van der Waals surface area contributed by atoms with E-state index in [9.17, 15) is 9.90 Å². The van der Waals surface area contributed by atoms with Crippen molar-refractivity contribution >= 4 is 28.8 Å². The fourth-order valence-corrected chi connectivity index (χ4v) is 6.61. The largest absolute Gasteiger partial charge is 0.398 e. The maximum atomic E-state index is 16.0. The molecule has 3 aromatic rings. The Bertz CT molecular complexity index is 1630. The summed E-state index contributed by atoms with van der Waals surface area (Å²) in [7, 11) is 0. The van der Waals surface area contributed by atoms with Crippen molar-refractivity contribution in [1.82, 2.24) is 19.8 Å². The number of benzene rings is 1. The zero-order valence-corrected chi connectivity index (χ0v) is 24.1. The van der Waals surface area contributed by atoms with Crippen LogP contribution in [0.2, 0.25) is 0 Å². The second-order valence-electron chi connectivity index (χ2n) is 11.6. The van der Waals surface area contributed by atoms with E-state index in [0.29, 0.717) is 42.0 Å². The van der Waals surface area contributed by atoms with Crippen molar-refractivity contribution in [2.24, 2.45) is 0 Å². The molecule has 1 fully saturated rings. The van der Waals surface area contributed by atoms with Crippen LogP contribution in [0.15, 0.2) is 54.8 Å². The van der Waals surface area contributed by atoms with Gasteiger partial charge in [0.1, 0.15) is 17.3 Å². The zero-order chi connectivity index (χ0) is 30.0. The number of carbonyl (C=O) groups is 1. The van der Waals surface area contributed by atoms with Gasteiger partial charge >= 0.3 is 0 Å². The number of aliphatic hydroxyl groups excluding tert-OH is 1. The number of pyridine rings is 2. The van der Waals surface area contributed by atoms with Crippen LogP contribution in [0, 0.1) is 18.6 Å². The molecule has 3 aliphatic heterocycles. The molecule has 218 valence electrons. The molecule has 0 saturated carbocycles. The molecule has 1 saturated heterocycles. The van der Waals surface area contributed by atoms with Crippen LogP contribution >= 0.6 is 0 Å². The lowest BCUT2D eigenvalue weighted by Gasteiger charge is -2.45. The highest BCUT2D eigenvalue weighted by atomic mass is 19.1. The first-order valence-corrected chi connectivity index (χ1v) is 14.1. The summed E-state index contributed by atoms with van der Waals surface area (Å²) in [6.45, 7) is 12.5. The van der Waals surface area contributed by atoms with Crippen LogP contribution in [-0.2, 0) is 4.79 Å². The number of halogens is 2. The number of hydrogen-bond acceptors (Lipinski definition) is 7. The third-order valence-electron chi connectivity index (χ3n) is 8.57. The van der Waals surface area contributed by atoms with Gasteiger partial charge in [-0.15, -0.1) is 0 Å². The molecule has 1 amide bonds. The molecule has 3 aliphatic rings. The van der Waals surface area contributed by atoms with E-state index < -0.39 is 17.9 Å². The first-order chi connectivity index (χ1) is 20.0. The van der Waals surface area contributed by atoms with Crippen LogP contribution < -0.4 is 10.6 Å². The molecule has 3 atom stereocenters. The number of nitrogens with zero attached hydrogens (tertiary/aromatic N) is 5. The molecule has 42 heavy (non-hydrogen) atoms. The van der Waals surface area contributed by atoms with Crippen LogP contribution in [0.5, 0.6) is 0 Å². The second kappa shape index (κ2) is 10.2. The fourth-order valence-electron chi connectivity index (χ4n) is 6.61. The van der Waals surface area contributed by atoms with Crippen molar-refractivity contribution < 1.29 is 18.7 Å². The van der Waals surface area contributed by atoms with Gasteiger partial charge in [-0.3, -0.25) is 14.7 Å². The lowest BCUT2D eigenvalue weighted by atomic mass is 9.95. The van der Waals surface area contributed by atoms with Gasteiger partial charge in [0.25, 0.3) is 0 Å². The van der Waals surface area contributed by atoms with E-state index in [1.165, 1.54) is 30.3 Å². The number of aryl methyl sites for hydroxylation is 1. The van der Waals surface area contributed by atoms with Crippen molar-refractivity contribution in [2.45, 2.75) is 58.3 Å². The minimum absolute atomic E-state index is 0.00212. The van der Waals surface area contributed by atoms with Crippen molar-refractivity contribution in [3.05, 3.63) is 83.2 Å². The van der Waals surface area contributed by atoms with E-state index in [2.05, 4.69) is 16.5 Å². The highest BCUT2D eigenvalue weighted by molar-refractivity contribution is 5.90. The molecule has 6 rings (SSSR count). The van der Waals surface area contributed by atoms with Gasteiger partial charge in [0.2, 0.25) is 5.91 Å². The number of rotatable bonds is 4.